The molecule has 0 aromatic carbocycles. The number of nitrogens with zero attached hydrogens (tertiary/aromatic N) is 1. The van der Waals surface area contributed by atoms with E-state index >= 15 is 0 Å². The smallest absolute Gasteiger partial charge is 0.0540 e. The second kappa shape index (κ2) is 6.56. The number of likely N-dealkylation sites (tertiary alicyclic amines) is 1. The Morgan fingerprint density at radius 1 is 1.47 bits per heavy atom. The predicted molar refractivity (Wildman–Crippen MR) is 81.2 cm³/mol. The van der Waals surface area contributed by atoms with Crippen molar-refractivity contribution >= 4 is 11.3 Å². The van der Waals surface area contributed by atoms with Crippen LogP contribution in [0.25, 0.3) is 0 Å². The van der Waals surface area contributed by atoms with Crippen molar-refractivity contribution in [3.8, 4) is 11.8 Å². The van der Waals surface area contributed by atoms with E-state index in [-0.39, 0.29) is 6.61 Å². The largest absolute Gasteiger partial charge is 0.395 e. The van der Waals surface area contributed by atoms with Crippen molar-refractivity contribution in [1.82, 2.24) is 4.90 Å². The Morgan fingerprint density at radius 2 is 2.32 bits per heavy atom. The summed E-state index contributed by atoms with van der Waals surface area (Å²) in [5.41, 5.74) is 1.58. The molecule has 2 rings (SSSR count). The molecule has 1 fully saturated rings. The van der Waals surface area contributed by atoms with Crippen LogP contribution in [0.5, 0.6) is 0 Å². The third-order valence-corrected chi connectivity index (χ3v) is 4.46. The van der Waals surface area contributed by atoms with Crippen LogP contribution in [0.3, 0.4) is 0 Å². The molecule has 0 aliphatic carbocycles. The average Bonchev–Trinajstić information content (AvgIpc) is 2.76. The van der Waals surface area contributed by atoms with Gasteiger partial charge in [-0.2, -0.15) is 0 Å². The zero-order valence-electron chi connectivity index (χ0n) is 11.9. The van der Waals surface area contributed by atoms with Gasteiger partial charge in [-0.1, -0.05) is 25.7 Å². The Bertz CT molecular complexity index is 467. The fourth-order valence-corrected chi connectivity index (χ4v) is 3.54. The zero-order valence-corrected chi connectivity index (χ0v) is 12.7. The van der Waals surface area contributed by atoms with Crippen LogP contribution in [0.1, 0.15) is 43.6 Å². The topological polar surface area (TPSA) is 23.5 Å². The molecule has 0 amide bonds. The molecule has 0 spiro atoms. The summed E-state index contributed by atoms with van der Waals surface area (Å²) in [6.45, 7) is 8.25. The third kappa shape index (κ3) is 4.35. The molecule has 1 aromatic heterocycles. The average molecular weight is 277 g/mol. The lowest BCUT2D eigenvalue weighted by molar-refractivity contribution is 0.112. The maximum atomic E-state index is 8.77. The van der Waals surface area contributed by atoms with Crippen LogP contribution in [-0.4, -0.2) is 29.7 Å². The van der Waals surface area contributed by atoms with Crippen LogP contribution in [0, 0.1) is 17.3 Å². The molecular formula is C16H23NOS. The molecule has 3 heteroatoms. The Morgan fingerprint density at radius 3 is 3.05 bits per heavy atom. The van der Waals surface area contributed by atoms with Gasteiger partial charge in [0.15, 0.2) is 0 Å². The van der Waals surface area contributed by atoms with Crippen LogP contribution in [0.2, 0.25) is 0 Å². The minimum atomic E-state index is 0.146. The summed E-state index contributed by atoms with van der Waals surface area (Å²) in [5, 5.41) is 10.9. The quantitative estimate of drug-likeness (QED) is 0.858. The van der Waals surface area contributed by atoms with Crippen LogP contribution in [0.4, 0.5) is 0 Å². The van der Waals surface area contributed by atoms with E-state index in [4.69, 9.17) is 5.11 Å². The van der Waals surface area contributed by atoms with Crippen molar-refractivity contribution in [3.63, 3.8) is 0 Å². The molecular weight excluding hydrogens is 254 g/mol. The highest BCUT2D eigenvalue weighted by atomic mass is 32.1. The van der Waals surface area contributed by atoms with E-state index in [2.05, 4.69) is 42.0 Å². The first-order chi connectivity index (χ1) is 9.11. The minimum absolute atomic E-state index is 0.146. The highest BCUT2D eigenvalue weighted by Gasteiger charge is 2.26. The fourth-order valence-electron chi connectivity index (χ4n) is 2.67. The van der Waals surface area contributed by atoms with Gasteiger partial charge < -0.3 is 5.11 Å². The summed E-state index contributed by atoms with van der Waals surface area (Å²) >= 11 is 1.79. The molecule has 0 radical (unpaired) electrons. The Balaban J connectivity index is 2.00. The van der Waals surface area contributed by atoms with Gasteiger partial charge >= 0.3 is 0 Å². The summed E-state index contributed by atoms with van der Waals surface area (Å²) in [7, 11) is 0. The first kappa shape index (κ1) is 14.6. The van der Waals surface area contributed by atoms with Gasteiger partial charge in [0, 0.05) is 30.0 Å². The number of hydrogen-bond acceptors (Lipinski definition) is 3. The number of hydrogen-bond donors (Lipinski definition) is 1. The van der Waals surface area contributed by atoms with E-state index in [0.717, 1.165) is 12.1 Å². The van der Waals surface area contributed by atoms with E-state index in [1.165, 1.54) is 30.8 Å². The Kier molecular flexibility index (Phi) is 5.04. The van der Waals surface area contributed by atoms with E-state index < -0.39 is 0 Å². The summed E-state index contributed by atoms with van der Waals surface area (Å²) in [5.74, 6) is 6.20. The van der Waals surface area contributed by atoms with Gasteiger partial charge in [0.1, 0.15) is 0 Å². The van der Waals surface area contributed by atoms with E-state index in [1.807, 2.05) is 0 Å². The molecule has 1 saturated heterocycles. The highest BCUT2D eigenvalue weighted by Crippen LogP contribution is 2.30. The Hall–Kier alpha value is -0.820. The lowest BCUT2D eigenvalue weighted by atomic mass is 9.84. The first-order valence-corrected chi connectivity index (χ1v) is 7.87. The van der Waals surface area contributed by atoms with Crippen LogP contribution in [0.15, 0.2) is 11.4 Å². The number of rotatable bonds is 3. The summed E-state index contributed by atoms with van der Waals surface area (Å²) in [6.07, 6.45) is 3.19. The highest BCUT2D eigenvalue weighted by molar-refractivity contribution is 7.10. The molecule has 0 atom stereocenters. The SMILES string of the molecule is CC1(C)CCCN(Cc2sccc2C#CCCO)C1. The van der Waals surface area contributed by atoms with Crippen LogP contribution < -0.4 is 0 Å². The Labute approximate surface area is 120 Å². The standard InChI is InChI=1S/C16H23NOS/c1-16(2)8-5-9-17(13-16)12-15-14(7-11-19-15)6-3-4-10-18/h7,11,18H,4-5,8-10,12-13H2,1-2H3. The normalized spacial score (nSPS) is 18.9. The number of thiophene rings is 1. The van der Waals surface area contributed by atoms with E-state index in [1.54, 1.807) is 11.3 Å². The van der Waals surface area contributed by atoms with Crippen molar-refractivity contribution in [2.24, 2.45) is 5.41 Å². The molecule has 0 unspecified atom stereocenters. The number of aliphatic hydroxyl groups is 1. The third-order valence-electron chi connectivity index (χ3n) is 3.55. The molecule has 2 nitrogen and oxygen atoms in total. The molecule has 0 bridgehead atoms. The number of piperidine rings is 1. The second-order valence-electron chi connectivity index (χ2n) is 6.01. The maximum Gasteiger partial charge on any atom is 0.0540 e. The van der Waals surface area contributed by atoms with Crippen molar-refractivity contribution < 1.29 is 5.11 Å². The molecule has 1 N–H and O–H groups in total. The minimum Gasteiger partial charge on any atom is -0.395 e. The monoisotopic (exact) mass is 277 g/mol. The van der Waals surface area contributed by atoms with Gasteiger partial charge in [0.25, 0.3) is 0 Å². The molecule has 104 valence electrons. The van der Waals surface area contributed by atoms with Crippen molar-refractivity contribution in [2.75, 3.05) is 19.7 Å². The molecule has 1 aliphatic heterocycles. The first-order valence-electron chi connectivity index (χ1n) is 6.99. The maximum absolute atomic E-state index is 8.77. The van der Waals surface area contributed by atoms with Gasteiger partial charge in [-0.05, 0) is 36.2 Å². The summed E-state index contributed by atoms with van der Waals surface area (Å²) in [4.78, 5) is 3.91. The molecule has 0 saturated carbocycles. The molecule has 2 heterocycles. The number of aliphatic hydroxyl groups excluding tert-OH is 1. The van der Waals surface area contributed by atoms with Crippen molar-refractivity contribution in [2.45, 2.75) is 39.7 Å². The predicted octanol–water partition coefficient (Wildman–Crippen LogP) is 3.10. The summed E-state index contributed by atoms with van der Waals surface area (Å²) in [6, 6.07) is 2.10. The fraction of sp³-hybridized carbons (Fsp3) is 0.625. The van der Waals surface area contributed by atoms with Gasteiger partial charge in [-0.25, -0.2) is 0 Å². The van der Waals surface area contributed by atoms with Gasteiger partial charge in [0.05, 0.1) is 6.61 Å². The van der Waals surface area contributed by atoms with Crippen LogP contribution in [-0.2, 0) is 6.54 Å². The molecule has 1 aliphatic rings. The second-order valence-corrected chi connectivity index (χ2v) is 7.01. The summed E-state index contributed by atoms with van der Waals surface area (Å²) < 4.78 is 0. The zero-order chi connectivity index (χ0) is 13.7. The van der Waals surface area contributed by atoms with E-state index in [9.17, 15) is 0 Å². The van der Waals surface area contributed by atoms with Gasteiger partial charge in [-0.15, -0.1) is 11.3 Å². The van der Waals surface area contributed by atoms with Gasteiger partial charge in [-0.3, -0.25) is 4.90 Å². The molecule has 19 heavy (non-hydrogen) atoms. The van der Waals surface area contributed by atoms with Gasteiger partial charge in [0.2, 0.25) is 0 Å². The van der Waals surface area contributed by atoms with Crippen molar-refractivity contribution in [1.29, 1.82) is 0 Å². The lowest BCUT2D eigenvalue weighted by Gasteiger charge is -2.37. The van der Waals surface area contributed by atoms with Crippen LogP contribution >= 0.6 is 11.3 Å². The van der Waals surface area contributed by atoms with E-state index in [0.29, 0.717) is 11.8 Å². The molecule has 1 aromatic rings. The van der Waals surface area contributed by atoms with Crippen molar-refractivity contribution in [3.05, 3.63) is 21.9 Å². The lowest BCUT2D eigenvalue weighted by Crippen LogP contribution is -2.39.